The number of amides is 1. The van der Waals surface area contributed by atoms with Gasteiger partial charge in [-0.2, -0.15) is 0 Å². The lowest BCUT2D eigenvalue weighted by atomic mass is 10.0. The fourth-order valence-corrected chi connectivity index (χ4v) is 3.03. The third kappa shape index (κ3) is 1.95. The quantitative estimate of drug-likeness (QED) is 0.814. The zero-order chi connectivity index (χ0) is 10.3. The molecule has 4 nitrogen and oxygen atoms in total. The van der Waals surface area contributed by atoms with Gasteiger partial charge in [0, 0.05) is 31.6 Å². The van der Waals surface area contributed by atoms with E-state index in [0.29, 0.717) is 17.5 Å². The van der Waals surface area contributed by atoms with E-state index in [-0.39, 0.29) is 18.3 Å². The van der Waals surface area contributed by atoms with Crippen LogP contribution in [0.2, 0.25) is 0 Å². The summed E-state index contributed by atoms with van der Waals surface area (Å²) in [6.45, 7) is 3.92. The second-order valence-electron chi connectivity index (χ2n) is 4.26. The zero-order valence-corrected chi connectivity index (χ0v) is 10.4. The third-order valence-corrected chi connectivity index (χ3v) is 3.91. The molecule has 2 atom stereocenters. The minimum atomic E-state index is 0. The first kappa shape index (κ1) is 11.8. The predicted molar refractivity (Wildman–Crippen MR) is 65.1 cm³/mol. The van der Waals surface area contributed by atoms with E-state index in [1.54, 1.807) is 5.51 Å². The van der Waals surface area contributed by atoms with E-state index in [4.69, 9.17) is 0 Å². The number of nitrogens with one attached hydrogen (secondary N) is 1. The molecule has 2 saturated heterocycles. The Balaban J connectivity index is 0.000000963. The van der Waals surface area contributed by atoms with E-state index >= 15 is 0 Å². The number of likely N-dealkylation sites (tertiary alicyclic amines) is 1. The van der Waals surface area contributed by atoms with Crippen LogP contribution in [0.25, 0.3) is 0 Å². The van der Waals surface area contributed by atoms with Gasteiger partial charge in [-0.05, 0) is 11.8 Å². The van der Waals surface area contributed by atoms with Gasteiger partial charge in [-0.1, -0.05) is 0 Å². The molecule has 1 N–H and O–H groups in total. The molecule has 2 fully saturated rings. The largest absolute Gasteiger partial charge is 0.337 e. The van der Waals surface area contributed by atoms with Gasteiger partial charge in [0.2, 0.25) is 0 Å². The summed E-state index contributed by atoms with van der Waals surface area (Å²) >= 11 is 1.48. The lowest BCUT2D eigenvalue weighted by Gasteiger charge is -2.15. The molecule has 0 spiro atoms. The summed E-state index contributed by atoms with van der Waals surface area (Å²) < 4.78 is 0. The Kier molecular flexibility index (Phi) is 3.47. The lowest BCUT2D eigenvalue weighted by Crippen LogP contribution is -2.32. The average molecular weight is 260 g/mol. The monoisotopic (exact) mass is 259 g/mol. The maximum Gasteiger partial charge on any atom is 0.273 e. The second kappa shape index (κ2) is 4.69. The van der Waals surface area contributed by atoms with Crippen LogP contribution in [0.1, 0.15) is 10.5 Å². The number of fused-ring (bicyclic) bond motifs is 1. The van der Waals surface area contributed by atoms with Crippen LogP contribution in [0.4, 0.5) is 0 Å². The summed E-state index contributed by atoms with van der Waals surface area (Å²) in [5.41, 5.74) is 2.32. The van der Waals surface area contributed by atoms with E-state index in [0.717, 1.165) is 26.2 Å². The summed E-state index contributed by atoms with van der Waals surface area (Å²) in [7, 11) is 0. The van der Waals surface area contributed by atoms with Crippen LogP contribution >= 0.6 is 23.7 Å². The van der Waals surface area contributed by atoms with Crippen LogP contribution in [0.5, 0.6) is 0 Å². The molecular weight excluding hydrogens is 246 g/mol. The Morgan fingerprint density at radius 2 is 2.12 bits per heavy atom. The van der Waals surface area contributed by atoms with Gasteiger partial charge in [0.05, 0.1) is 5.51 Å². The molecule has 1 aromatic heterocycles. The van der Waals surface area contributed by atoms with Crippen LogP contribution in [-0.4, -0.2) is 42.0 Å². The second-order valence-corrected chi connectivity index (χ2v) is 4.98. The van der Waals surface area contributed by atoms with Crippen LogP contribution in [0, 0.1) is 11.8 Å². The smallest absolute Gasteiger partial charge is 0.273 e. The van der Waals surface area contributed by atoms with E-state index < -0.39 is 0 Å². The lowest BCUT2D eigenvalue weighted by molar-refractivity contribution is 0.0776. The van der Waals surface area contributed by atoms with Gasteiger partial charge in [-0.25, -0.2) is 4.98 Å². The molecule has 2 unspecified atom stereocenters. The van der Waals surface area contributed by atoms with Crippen molar-refractivity contribution in [2.75, 3.05) is 26.2 Å². The molecule has 3 rings (SSSR count). The minimum Gasteiger partial charge on any atom is -0.337 e. The molecular formula is C10H14ClN3OS. The van der Waals surface area contributed by atoms with Crippen LogP contribution in [0.3, 0.4) is 0 Å². The SMILES string of the molecule is Cl.O=C(c1cscn1)N1CC2CNCC2C1. The molecule has 2 aliphatic heterocycles. The van der Waals surface area contributed by atoms with Gasteiger partial charge < -0.3 is 10.2 Å². The zero-order valence-electron chi connectivity index (χ0n) is 8.76. The molecule has 6 heteroatoms. The Bertz CT molecular complexity index is 358. The molecule has 1 amide bonds. The van der Waals surface area contributed by atoms with Crippen molar-refractivity contribution < 1.29 is 4.79 Å². The highest BCUT2D eigenvalue weighted by Crippen LogP contribution is 2.27. The molecule has 16 heavy (non-hydrogen) atoms. The molecule has 0 saturated carbocycles. The maximum absolute atomic E-state index is 12.0. The molecule has 3 heterocycles. The summed E-state index contributed by atoms with van der Waals surface area (Å²) in [5.74, 6) is 1.42. The van der Waals surface area contributed by atoms with E-state index in [1.165, 1.54) is 11.3 Å². The van der Waals surface area contributed by atoms with Crippen molar-refractivity contribution in [1.29, 1.82) is 0 Å². The van der Waals surface area contributed by atoms with Crippen LogP contribution in [0.15, 0.2) is 10.9 Å². The number of nitrogens with zero attached hydrogens (tertiary/aromatic N) is 2. The number of hydrogen-bond acceptors (Lipinski definition) is 4. The Labute approximate surface area is 104 Å². The number of halogens is 1. The normalized spacial score (nSPS) is 27.6. The Morgan fingerprint density at radius 1 is 1.44 bits per heavy atom. The van der Waals surface area contributed by atoms with E-state index in [2.05, 4.69) is 10.3 Å². The first-order chi connectivity index (χ1) is 7.34. The summed E-state index contributed by atoms with van der Waals surface area (Å²) in [6.07, 6.45) is 0. The highest BCUT2D eigenvalue weighted by atomic mass is 35.5. The molecule has 2 aliphatic rings. The summed E-state index contributed by atoms with van der Waals surface area (Å²) in [5, 5.41) is 5.20. The first-order valence-corrected chi connectivity index (χ1v) is 6.17. The van der Waals surface area contributed by atoms with Crippen molar-refractivity contribution >= 4 is 29.7 Å². The number of thiazole rings is 1. The molecule has 1 aromatic rings. The van der Waals surface area contributed by atoms with Crippen molar-refractivity contribution in [2.24, 2.45) is 11.8 Å². The van der Waals surface area contributed by atoms with Gasteiger partial charge in [0.15, 0.2) is 0 Å². The molecule has 0 radical (unpaired) electrons. The first-order valence-electron chi connectivity index (χ1n) is 5.23. The summed E-state index contributed by atoms with van der Waals surface area (Å²) in [6, 6.07) is 0. The van der Waals surface area contributed by atoms with Gasteiger partial charge in [-0.15, -0.1) is 23.7 Å². The standard InChI is InChI=1S/C10H13N3OS.ClH/c14-10(9-5-15-6-12-9)13-3-7-1-11-2-8(7)4-13;/h5-8,11H,1-4H2;1H. The minimum absolute atomic E-state index is 0. The number of aromatic nitrogens is 1. The van der Waals surface area contributed by atoms with Crippen molar-refractivity contribution in [3.8, 4) is 0 Å². The summed E-state index contributed by atoms with van der Waals surface area (Å²) in [4.78, 5) is 18.0. The Hall–Kier alpha value is -0.650. The fraction of sp³-hybridized carbons (Fsp3) is 0.600. The van der Waals surface area contributed by atoms with Crippen LogP contribution < -0.4 is 5.32 Å². The number of hydrogen-bond donors (Lipinski definition) is 1. The fourth-order valence-electron chi connectivity index (χ4n) is 2.50. The van der Waals surface area contributed by atoms with E-state index in [1.807, 2.05) is 10.3 Å². The average Bonchev–Trinajstić information content (AvgIpc) is 2.92. The molecule has 88 valence electrons. The maximum atomic E-state index is 12.0. The topological polar surface area (TPSA) is 45.2 Å². The third-order valence-electron chi connectivity index (χ3n) is 3.33. The molecule has 0 aromatic carbocycles. The predicted octanol–water partition coefficient (Wildman–Crippen LogP) is 0.856. The van der Waals surface area contributed by atoms with Crippen LogP contribution in [-0.2, 0) is 0 Å². The highest BCUT2D eigenvalue weighted by Gasteiger charge is 2.38. The number of carbonyl (C=O) groups is 1. The molecule has 0 aliphatic carbocycles. The van der Waals surface area contributed by atoms with E-state index in [9.17, 15) is 4.79 Å². The van der Waals surface area contributed by atoms with Crippen molar-refractivity contribution in [2.45, 2.75) is 0 Å². The van der Waals surface area contributed by atoms with Crippen molar-refractivity contribution in [3.63, 3.8) is 0 Å². The van der Waals surface area contributed by atoms with Gasteiger partial charge in [0.1, 0.15) is 5.69 Å². The number of carbonyl (C=O) groups excluding carboxylic acids is 1. The van der Waals surface area contributed by atoms with Crippen molar-refractivity contribution in [1.82, 2.24) is 15.2 Å². The number of rotatable bonds is 1. The van der Waals surface area contributed by atoms with Gasteiger partial charge in [-0.3, -0.25) is 4.79 Å². The van der Waals surface area contributed by atoms with Gasteiger partial charge in [0.25, 0.3) is 5.91 Å². The molecule has 0 bridgehead atoms. The highest BCUT2D eigenvalue weighted by molar-refractivity contribution is 7.07. The Morgan fingerprint density at radius 3 is 2.69 bits per heavy atom. The van der Waals surface area contributed by atoms with Crippen molar-refractivity contribution in [3.05, 3.63) is 16.6 Å². The van der Waals surface area contributed by atoms with Gasteiger partial charge >= 0.3 is 0 Å².